The summed E-state index contributed by atoms with van der Waals surface area (Å²) in [5.74, 6) is 2.49. The molecule has 0 aliphatic heterocycles. The second kappa shape index (κ2) is 13.0. The van der Waals surface area contributed by atoms with Gasteiger partial charge in [0.2, 0.25) is 5.75 Å². The van der Waals surface area contributed by atoms with Crippen molar-refractivity contribution in [2.45, 2.75) is 0 Å². The van der Waals surface area contributed by atoms with E-state index in [1.807, 2.05) is 30.4 Å². The van der Waals surface area contributed by atoms with Gasteiger partial charge in [-0.15, -0.1) is 0 Å². The van der Waals surface area contributed by atoms with Gasteiger partial charge < -0.3 is 38.8 Å². The largest absolute Gasteiger partial charge is 0.504 e. The van der Waals surface area contributed by atoms with Gasteiger partial charge in [0.15, 0.2) is 40.3 Å². The second-order valence-electron chi connectivity index (χ2n) is 7.81. The van der Waals surface area contributed by atoms with Crippen LogP contribution in [0.5, 0.6) is 40.2 Å². The predicted molar refractivity (Wildman–Crippen MR) is 146 cm³/mol. The van der Waals surface area contributed by atoms with E-state index < -0.39 is 0 Å². The number of aromatic hydroxyl groups is 1. The number of benzene rings is 3. The Bertz CT molecular complexity index is 1320. The maximum atomic E-state index is 12.6. The van der Waals surface area contributed by atoms with Crippen molar-refractivity contribution in [1.29, 1.82) is 0 Å². The van der Waals surface area contributed by atoms with E-state index in [1.165, 1.54) is 31.5 Å². The molecule has 0 saturated heterocycles. The summed E-state index contributed by atoms with van der Waals surface area (Å²) in [5.41, 5.74) is 2.55. The van der Waals surface area contributed by atoms with Crippen LogP contribution in [0, 0.1) is 0 Å². The summed E-state index contributed by atoms with van der Waals surface area (Å²) < 4.78 is 32.2. The van der Waals surface area contributed by atoms with Gasteiger partial charge >= 0.3 is 0 Å². The summed E-state index contributed by atoms with van der Waals surface area (Å²) >= 11 is 0. The van der Waals surface area contributed by atoms with Crippen LogP contribution in [0.1, 0.15) is 21.5 Å². The van der Waals surface area contributed by atoms with Gasteiger partial charge in [0.05, 0.1) is 42.7 Å². The molecule has 3 aromatic rings. The number of ether oxygens (including phenoxy) is 6. The Morgan fingerprint density at radius 1 is 0.711 bits per heavy atom. The Kier molecular flexibility index (Phi) is 9.48. The fourth-order valence-corrected chi connectivity index (χ4v) is 3.69. The molecule has 0 unspecified atom stereocenters. The smallest absolute Gasteiger partial charge is 0.203 e. The van der Waals surface area contributed by atoms with Crippen molar-refractivity contribution in [1.82, 2.24) is 0 Å². The fraction of sp³-hybridized carbons (Fsp3) is 0.207. The molecule has 38 heavy (non-hydrogen) atoms. The van der Waals surface area contributed by atoms with Gasteiger partial charge in [-0.2, -0.15) is 0 Å². The third-order valence-corrected chi connectivity index (χ3v) is 5.64. The Morgan fingerprint density at radius 3 is 1.87 bits per heavy atom. The number of anilines is 1. The highest BCUT2D eigenvalue weighted by Gasteiger charge is 2.13. The van der Waals surface area contributed by atoms with Crippen molar-refractivity contribution in [3.63, 3.8) is 0 Å². The van der Waals surface area contributed by atoms with Crippen LogP contribution in [0.25, 0.3) is 12.2 Å². The second-order valence-corrected chi connectivity index (χ2v) is 7.81. The lowest BCUT2D eigenvalue weighted by Gasteiger charge is -2.14. The number of phenolic OH excluding ortho intramolecular Hbond substituents is 1. The molecular formula is C29H31NO8. The third-order valence-electron chi connectivity index (χ3n) is 5.64. The number of methoxy groups -OCH3 is 6. The average Bonchev–Trinajstić information content (AvgIpc) is 2.95. The van der Waals surface area contributed by atoms with Gasteiger partial charge in [-0.3, -0.25) is 4.79 Å². The summed E-state index contributed by atoms with van der Waals surface area (Å²) in [6, 6.07) is 11.7. The minimum absolute atomic E-state index is 0.112. The van der Waals surface area contributed by atoms with Gasteiger partial charge in [-0.25, -0.2) is 0 Å². The molecule has 3 rings (SSSR count). The fourth-order valence-electron chi connectivity index (χ4n) is 3.69. The Labute approximate surface area is 221 Å². The normalized spacial score (nSPS) is 10.9. The monoisotopic (exact) mass is 521 g/mol. The van der Waals surface area contributed by atoms with E-state index in [1.54, 1.807) is 47.7 Å². The highest BCUT2D eigenvalue weighted by atomic mass is 16.5. The molecule has 0 aliphatic carbocycles. The van der Waals surface area contributed by atoms with Crippen LogP contribution in [0.3, 0.4) is 0 Å². The molecule has 0 amide bonds. The molecule has 0 spiro atoms. The molecule has 200 valence electrons. The van der Waals surface area contributed by atoms with Crippen LogP contribution in [0.4, 0.5) is 5.69 Å². The topological polar surface area (TPSA) is 105 Å². The summed E-state index contributed by atoms with van der Waals surface area (Å²) in [4.78, 5) is 12.6. The molecule has 0 bridgehead atoms. The van der Waals surface area contributed by atoms with Gasteiger partial charge in [-0.1, -0.05) is 12.2 Å². The van der Waals surface area contributed by atoms with Gasteiger partial charge in [0.1, 0.15) is 0 Å². The lowest BCUT2D eigenvalue weighted by molar-refractivity contribution is 0.104. The zero-order valence-electron chi connectivity index (χ0n) is 22.2. The maximum Gasteiger partial charge on any atom is 0.203 e. The molecule has 0 heterocycles. The lowest BCUT2D eigenvalue weighted by Crippen LogP contribution is -1.99. The van der Waals surface area contributed by atoms with Crippen LogP contribution in [0.15, 0.2) is 54.7 Å². The zero-order chi connectivity index (χ0) is 27.7. The van der Waals surface area contributed by atoms with Crippen molar-refractivity contribution >= 4 is 23.6 Å². The summed E-state index contributed by atoms with van der Waals surface area (Å²) in [7, 11) is 9.21. The number of hydrogen-bond donors (Lipinski definition) is 2. The lowest BCUT2D eigenvalue weighted by atomic mass is 10.1. The number of ketones is 1. The molecule has 0 aliphatic rings. The number of phenols is 1. The molecule has 2 N–H and O–H groups in total. The van der Waals surface area contributed by atoms with E-state index >= 15 is 0 Å². The first-order valence-corrected chi connectivity index (χ1v) is 11.5. The first-order valence-electron chi connectivity index (χ1n) is 11.5. The minimum Gasteiger partial charge on any atom is -0.504 e. The van der Waals surface area contributed by atoms with E-state index in [-0.39, 0.29) is 17.3 Å². The van der Waals surface area contributed by atoms with Gasteiger partial charge in [0, 0.05) is 35.2 Å². The van der Waals surface area contributed by atoms with Crippen molar-refractivity contribution < 1.29 is 38.3 Å². The van der Waals surface area contributed by atoms with Crippen molar-refractivity contribution in [3.8, 4) is 40.2 Å². The van der Waals surface area contributed by atoms with Crippen LogP contribution >= 0.6 is 0 Å². The molecule has 3 aromatic carbocycles. The quantitative estimate of drug-likeness (QED) is 0.184. The number of allylic oxidation sites excluding steroid dienone is 1. The number of hydrogen-bond acceptors (Lipinski definition) is 9. The van der Waals surface area contributed by atoms with Gasteiger partial charge in [0.25, 0.3) is 0 Å². The van der Waals surface area contributed by atoms with Crippen molar-refractivity contribution in [3.05, 3.63) is 71.4 Å². The molecule has 0 aromatic heterocycles. The number of rotatable bonds is 12. The van der Waals surface area contributed by atoms with Crippen LogP contribution in [-0.2, 0) is 0 Å². The SMILES string of the molecule is COc1ccc(C(=O)C=CNc2cc(OC)c(OC)cc2C=Cc2cc(OC)c(OC)c(OC)c2)cc1O. The minimum atomic E-state index is -0.301. The van der Waals surface area contributed by atoms with E-state index in [4.69, 9.17) is 28.4 Å². The van der Waals surface area contributed by atoms with Crippen LogP contribution in [0.2, 0.25) is 0 Å². The van der Waals surface area contributed by atoms with Gasteiger partial charge in [-0.05, 0) is 42.0 Å². The molecule has 0 saturated carbocycles. The molecule has 0 fully saturated rings. The molecule has 9 nitrogen and oxygen atoms in total. The van der Waals surface area contributed by atoms with Crippen LogP contribution < -0.4 is 33.7 Å². The predicted octanol–water partition coefficient (Wildman–Crippen LogP) is 5.42. The first kappa shape index (κ1) is 27.8. The number of carbonyl (C=O) groups is 1. The van der Waals surface area contributed by atoms with E-state index in [0.717, 1.165) is 11.1 Å². The Balaban J connectivity index is 1.92. The third kappa shape index (κ3) is 6.31. The van der Waals surface area contributed by atoms with E-state index in [9.17, 15) is 9.90 Å². The highest BCUT2D eigenvalue weighted by molar-refractivity contribution is 6.05. The summed E-state index contributed by atoms with van der Waals surface area (Å²) in [5, 5.41) is 13.1. The maximum absolute atomic E-state index is 12.6. The standard InChI is InChI=1S/C29H31NO8/c1-33-24-10-9-20(15-23(24)32)22(31)11-12-30-21-17-26(35-3)25(34-2)16-19(21)8-7-18-13-27(36-4)29(38-6)28(14-18)37-5/h7-17,30,32H,1-6H3. The summed E-state index contributed by atoms with van der Waals surface area (Å²) in [6.07, 6.45) is 6.64. The van der Waals surface area contributed by atoms with E-state index in [2.05, 4.69) is 5.32 Å². The molecule has 0 atom stereocenters. The molecule has 9 heteroatoms. The zero-order valence-corrected chi connectivity index (χ0v) is 22.2. The average molecular weight is 522 g/mol. The molecular weight excluding hydrogens is 490 g/mol. The molecule has 0 radical (unpaired) electrons. The number of carbonyl (C=O) groups excluding carboxylic acids is 1. The van der Waals surface area contributed by atoms with Crippen molar-refractivity contribution in [2.75, 3.05) is 48.0 Å². The van der Waals surface area contributed by atoms with E-state index in [0.29, 0.717) is 40.0 Å². The number of nitrogens with one attached hydrogen (secondary N) is 1. The Hall–Kier alpha value is -4.79. The highest BCUT2D eigenvalue weighted by Crippen LogP contribution is 2.39. The van der Waals surface area contributed by atoms with Crippen LogP contribution in [-0.4, -0.2) is 53.5 Å². The van der Waals surface area contributed by atoms with Crippen molar-refractivity contribution in [2.24, 2.45) is 0 Å². The summed E-state index contributed by atoms with van der Waals surface area (Å²) in [6.45, 7) is 0. The Morgan fingerprint density at radius 2 is 1.32 bits per heavy atom. The first-order chi connectivity index (χ1) is 18.4.